The van der Waals surface area contributed by atoms with Crippen LogP contribution in [0, 0.1) is 0 Å². The molecule has 0 heterocycles. The molecule has 0 atom stereocenters. The smallest absolute Gasteiger partial charge is 0.338 e. The van der Waals surface area contributed by atoms with Crippen molar-refractivity contribution >= 4 is 68.1 Å². The molecule has 1 aliphatic rings. The molecule has 43 heavy (non-hydrogen) atoms. The van der Waals surface area contributed by atoms with Gasteiger partial charge < -0.3 is 20.5 Å². The molecule has 0 amide bonds. The number of carbonyl (C=O) groups excluding carboxylic acids is 2. The highest BCUT2D eigenvalue weighted by Crippen LogP contribution is 2.34. The van der Waals surface area contributed by atoms with Gasteiger partial charge in [-0.15, -0.1) is 0 Å². The van der Waals surface area contributed by atoms with Crippen molar-refractivity contribution in [3.8, 4) is 0 Å². The molecule has 1 aliphatic carbocycles. The molecule has 1 fully saturated rings. The summed E-state index contributed by atoms with van der Waals surface area (Å²) in [6.45, 7) is 3.61. The van der Waals surface area contributed by atoms with E-state index < -0.39 is 11.9 Å². The van der Waals surface area contributed by atoms with Crippen molar-refractivity contribution in [2.75, 3.05) is 30.8 Å². The first-order valence-corrected chi connectivity index (χ1v) is 16.2. The van der Waals surface area contributed by atoms with Crippen LogP contribution in [0.25, 0.3) is 0 Å². The van der Waals surface area contributed by atoms with Crippen molar-refractivity contribution < 1.29 is 19.1 Å². The predicted octanol–water partition coefficient (Wildman–Crippen LogP) is 8.57. The number of nitrogens with two attached hydrogens (primary N) is 1. The molecule has 0 aliphatic heterocycles. The van der Waals surface area contributed by atoms with Crippen molar-refractivity contribution in [1.29, 1.82) is 0 Å². The summed E-state index contributed by atoms with van der Waals surface area (Å²) in [5.41, 5.74) is 10.3. The average molecular weight is 691 g/mol. The summed E-state index contributed by atoms with van der Waals surface area (Å²) >= 11 is 16.1. The van der Waals surface area contributed by atoms with Gasteiger partial charge in [-0.1, -0.05) is 80.1 Å². The standard InChI is InChI=1S/C33H38BrCl2N3O4/c1-2-39(25-11-5-3-4-6-12-25)21-24-18-23(19-26(34)31(24)37)33(41)43-17-16-42-30(40)20-22-10-7-8-15-29(22)38-32-27(35)13-9-14-28(32)36/h7-10,13-15,18-19,25,38H,2-6,11-12,16-17,20-21,37H2,1H3. The number of carbonyl (C=O) groups is 2. The molecule has 0 saturated heterocycles. The van der Waals surface area contributed by atoms with Gasteiger partial charge in [-0.3, -0.25) is 9.69 Å². The molecule has 1 saturated carbocycles. The fourth-order valence-corrected chi connectivity index (χ4v) is 6.39. The minimum atomic E-state index is -0.498. The number of nitrogens with zero attached hydrogens (tertiary/aromatic N) is 1. The quantitative estimate of drug-likeness (QED) is 0.0851. The summed E-state index contributed by atoms with van der Waals surface area (Å²) in [6, 6.07) is 16.6. The Kier molecular flexibility index (Phi) is 12.6. The molecule has 0 unspecified atom stereocenters. The van der Waals surface area contributed by atoms with Crippen LogP contribution in [-0.4, -0.2) is 42.6 Å². The van der Waals surface area contributed by atoms with E-state index in [-0.39, 0.29) is 19.6 Å². The van der Waals surface area contributed by atoms with Crippen LogP contribution in [0.15, 0.2) is 59.1 Å². The summed E-state index contributed by atoms with van der Waals surface area (Å²) in [7, 11) is 0. The number of para-hydroxylation sites is 2. The maximum absolute atomic E-state index is 12.9. The van der Waals surface area contributed by atoms with Gasteiger partial charge in [0.2, 0.25) is 0 Å². The number of anilines is 3. The number of ether oxygens (including phenoxy) is 2. The Balaban J connectivity index is 1.30. The van der Waals surface area contributed by atoms with E-state index in [2.05, 4.69) is 33.1 Å². The zero-order valence-corrected chi connectivity index (χ0v) is 27.4. The van der Waals surface area contributed by atoms with Gasteiger partial charge in [-0.2, -0.15) is 0 Å². The lowest BCUT2D eigenvalue weighted by Gasteiger charge is -2.30. The van der Waals surface area contributed by atoms with E-state index >= 15 is 0 Å². The van der Waals surface area contributed by atoms with Gasteiger partial charge in [-0.05, 0) is 76.8 Å². The van der Waals surface area contributed by atoms with Crippen LogP contribution in [0.1, 0.15) is 66.9 Å². The number of rotatable bonds is 12. The highest BCUT2D eigenvalue weighted by atomic mass is 79.9. The van der Waals surface area contributed by atoms with Crippen LogP contribution in [0.2, 0.25) is 10.0 Å². The molecular formula is C33H38BrCl2N3O4. The highest BCUT2D eigenvalue weighted by molar-refractivity contribution is 9.10. The Morgan fingerprint density at radius 3 is 2.33 bits per heavy atom. The number of halogens is 3. The van der Waals surface area contributed by atoms with Crippen molar-refractivity contribution in [3.63, 3.8) is 0 Å². The molecule has 3 N–H and O–H groups in total. The Morgan fingerprint density at radius 1 is 0.953 bits per heavy atom. The second-order valence-electron chi connectivity index (χ2n) is 10.7. The van der Waals surface area contributed by atoms with Crippen LogP contribution in [0.4, 0.5) is 17.1 Å². The van der Waals surface area contributed by atoms with E-state index in [0.29, 0.717) is 55.3 Å². The van der Waals surface area contributed by atoms with E-state index in [1.54, 1.807) is 24.3 Å². The van der Waals surface area contributed by atoms with Gasteiger partial charge in [0.1, 0.15) is 13.2 Å². The third-order valence-electron chi connectivity index (χ3n) is 7.73. The van der Waals surface area contributed by atoms with E-state index in [1.165, 1.54) is 38.5 Å². The number of nitrogens with one attached hydrogen (secondary N) is 1. The summed E-state index contributed by atoms with van der Waals surface area (Å²) in [5.74, 6) is -0.951. The molecule has 3 aromatic carbocycles. The zero-order valence-electron chi connectivity index (χ0n) is 24.3. The largest absolute Gasteiger partial charge is 0.462 e. The van der Waals surface area contributed by atoms with Gasteiger partial charge >= 0.3 is 11.9 Å². The summed E-state index contributed by atoms with van der Waals surface area (Å²) < 4.78 is 11.5. The van der Waals surface area contributed by atoms with Crippen molar-refractivity contribution in [3.05, 3.63) is 85.8 Å². The average Bonchev–Trinajstić information content (AvgIpc) is 3.28. The Morgan fingerprint density at radius 2 is 1.63 bits per heavy atom. The zero-order chi connectivity index (χ0) is 30.8. The molecule has 4 rings (SSSR count). The monoisotopic (exact) mass is 689 g/mol. The molecule has 7 nitrogen and oxygen atoms in total. The van der Waals surface area contributed by atoms with E-state index in [1.807, 2.05) is 30.3 Å². The van der Waals surface area contributed by atoms with Gasteiger partial charge in [-0.25, -0.2) is 4.79 Å². The van der Waals surface area contributed by atoms with E-state index in [9.17, 15) is 9.59 Å². The topological polar surface area (TPSA) is 93.9 Å². The summed E-state index contributed by atoms with van der Waals surface area (Å²) in [5, 5.41) is 4.14. The maximum atomic E-state index is 12.9. The lowest BCUT2D eigenvalue weighted by atomic mass is 10.0. The highest BCUT2D eigenvalue weighted by Gasteiger charge is 2.22. The number of hydrogen-bond donors (Lipinski definition) is 2. The van der Waals surface area contributed by atoms with Crippen LogP contribution < -0.4 is 11.1 Å². The molecule has 0 bridgehead atoms. The molecule has 0 radical (unpaired) electrons. The van der Waals surface area contributed by atoms with Gasteiger partial charge in [0.15, 0.2) is 0 Å². The first-order valence-electron chi connectivity index (χ1n) is 14.7. The van der Waals surface area contributed by atoms with Crippen LogP contribution in [0.5, 0.6) is 0 Å². The number of nitrogen functional groups attached to an aromatic ring is 1. The van der Waals surface area contributed by atoms with Gasteiger partial charge in [0, 0.05) is 22.7 Å². The Bertz CT molecular complexity index is 1390. The van der Waals surface area contributed by atoms with Crippen molar-refractivity contribution in [1.82, 2.24) is 4.90 Å². The number of hydrogen-bond acceptors (Lipinski definition) is 7. The second kappa shape index (κ2) is 16.3. The molecular weight excluding hydrogens is 653 g/mol. The van der Waals surface area contributed by atoms with Crippen molar-refractivity contribution in [2.24, 2.45) is 0 Å². The number of benzene rings is 3. The fourth-order valence-electron chi connectivity index (χ4n) is 5.39. The lowest BCUT2D eigenvalue weighted by molar-refractivity contribution is -0.143. The van der Waals surface area contributed by atoms with Crippen LogP contribution in [-0.2, 0) is 27.2 Å². The third kappa shape index (κ3) is 9.35. The molecule has 230 valence electrons. The number of esters is 2. The molecule has 10 heteroatoms. The first kappa shape index (κ1) is 33.1. The minimum Gasteiger partial charge on any atom is -0.462 e. The fraction of sp³-hybridized carbons (Fsp3) is 0.394. The van der Waals surface area contributed by atoms with Crippen molar-refractivity contribution in [2.45, 2.75) is 64.5 Å². The SMILES string of the molecule is CCN(Cc1cc(C(=O)OCCOC(=O)Cc2ccccc2Nc2c(Cl)cccc2Cl)cc(Br)c1N)C1CCCCCC1. The van der Waals surface area contributed by atoms with Gasteiger partial charge in [0.05, 0.1) is 33.4 Å². The predicted molar refractivity (Wildman–Crippen MR) is 177 cm³/mol. The van der Waals surface area contributed by atoms with Crippen LogP contribution >= 0.6 is 39.1 Å². The van der Waals surface area contributed by atoms with Gasteiger partial charge in [0.25, 0.3) is 0 Å². The minimum absolute atomic E-state index is 0.0163. The van der Waals surface area contributed by atoms with E-state index in [4.69, 9.17) is 38.4 Å². The normalized spacial score (nSPS) is 13.9. The molecule has 3 aromatic rings. The second-order valence-corrected chi connectivity index (χ2v) is 12.3. The lowest BCUT2D eigenvalue weighted by Crippen LogP contribution is -2.34. The Labute approximate surface area is 272 Å². The summed E-state index contributed by atoms with van der Waals surface area (Å²) in [6.07, 6.45) is 7.47. The molecule has 0 spiro atoms. The Hall–Kier alpha value is -2.78. The third-order valence-corrected chi connectivity index (χ3v) is 9.01. The molecule has 0 aromatic heterocycles. The van der Waals surface area contributed by atoms with E-state index in [0.717, 1.165) is 12.1 Å². The maximum Gasteiger partial charge on any atom is 0.338 e. The first-order chi connectivity index (χ1) is 20.8. The summed E-state index contributed by atoms with van der Waals surface area (Å²) in [4.78, 5) is 28.0. The van der Waals surface area contributed by atoms with Crippen LogP contribution in [0.3, 0.4) is 0 Å².